The number of nitrogens with one attached hydrogen (secondary N) is 1. The molecule has 1 saturated heterocycles. The fourth-order valence-corrected chi connectivity index (χ4v) is 1.69. The molecule has 0 aliphatic carbocycles. The molecule has 1 aliphatic rings. The van der Waals surface area contributed by atoms with Crippen LogP contribution in [-0.4, -0.2) is 31.2 Å². The summed E-state index contributed by atoms with van der Waals surface area (Å²) >= 11 is 0. The van der Waals surface area contributed by atoms with E-state index in [0.29, 0.717) is 6.04 Å². The molecule has 1 aliphatic heterocycles. The largest absolute Gasteiger partial charge is 0.353 e. The minimum Gasteiger partial charge on any atom is -0.353 e. The molecule has 2 rings (SSSR count). The molecule has 1 aromatic rings. The van der Waals surface area contributed by atoms with Gasteiger partial charge in [0.1, 0.15) is 5.82 Å². The van der Waals surface area contributed by atoms with E-state index in [4.69, 9.17) is 0 Å². The van der Waals surface area contributed by atoms with Gasteiger partial charge in [-0.05, 0) is 25.6 Å². The fraction of sp³-hybridized carbons (Fsp3) is 0.615. The lowest BCUT2D eigenvalue weighted by Crippen LogP contribution is -2.57. The number of anilines is 1. The molecular formula is C13H25N3. The molecule has 2 heterocycles. The molecule has 0 saturated carbocycles. The van der Waals surface area contributed by atoms with Gasteiger partial charge in [-0.1, -0.05) is 26.8 Å². The van der Waals surface area contributed by atoms with E-state index in [9.17, 15) is 0 Å². The van der Waals surface area contributed by atoms with Crippen LogP contribution in [0.4, 0.5) is 5.82 Å². The van der Waals surface area contributed by atoms with Crippen molar-refractivity contribution in [3.05, 3.63) is 23.9 Å². The average molecular weight is 223 g/mol. The molecule has 0 radical (unpaired) electrons. The monoisotopic (exact) mass is 223 g/mol. The zero-order chi connectivity index (χ0) is 12.0. The summed E-state index contributed by atoms with van der Waals surface area (Å²) in [5.74, 6) is 1.12. The van der Waals surface area contributed by atoms with Crippen LogP contribution in [0.25, 0.3) is 0 Å². The van der Waals surface area contributed by atoms with Crippen molar-refractivity contribution in [2.24, 2.45) is 0 Å². The Morgan fingerprint density at radius 3 is 2.69 bits per heavy atom. The molecule has 0 amide bonds. The van der Waals surface area contributed by atoms with E-state index in [1.54, 1.807) is 0 Å². The van der Waals surface area contributed by atoms with Gasteiger partial charge in [0.05, 0.1) is 0 Å². The molecule has 92 valence electrons. The highest BCUT2D eigenvalue weighted by atomic mass is 15.3. The lowest BCUT2D eigenvalue weighted by molar-refractivity contribution is 0.447. The third-order valence-corrected chi connectivity index (χ3v) is 2.77. The van der Waals surface area contributed by atoms with Gasteiger partial charge in [-0.2, -0.15) is 0 Å². The van der Waals surface area contributed by atoms with Crippen LogP contribution >= 0.6 is 0 Å². The van der Waals surface area contributed by atoms with Crippen LogP contribution in [-0.2, 0) is 6.42 Å². The maximum Gasteiger partial charge on any atom is 0.128 e. The average Bonchev–Trinajstić information content (AvgIpc) is 2.31. The molecule has 0 bridgehead atoms. The van der Waals surface area contributed by atoms with Crippen LogP contribution < -0.4 is 10.2 Å². The number of aryl methyl sites for hydroxylation is 1. The number of likely N-dealkylation sites (N-methyl/N-ethyl adjacent to an activating group) is 1. The Bertz CT molecular complexity index is 311. The topological polar surface area (TPSA) is 28.2 Å². The van der Waals surface area contributed by atoms with Crippen LogP contribution in [0, 0.1) is 0 Å². The minimum atomic E-state index is 0. The molecular weight excluding hydrogens is 198 g/mol. The highest BCUT2D eigenvalue weighted by Crippen LogP contribution is 2.18. The summed E-state index contributed by atoms with van der Waals surface area (Å²) in [7, 11) is 2.01. The Balaban J connectivity index is 0.000000811. The number of nitrogens with zero attached hydrogens (tertiary/aromatic N) is 2. The van der Waals surface area contributed by atoms with Gasteiger partial charge >= 0.3 is 0 Å². The molecule has 0 atom stereocenters. The summed E-state index contributed by atoms with van der Waals surface area (Å²) in [4.78, 5) is 6.89. The first-order valence-corrected chi connectivity index (χ1v) is 6.21. The van der Waals surface area contributed by atoms with E-state index in [0.717, 1.165) is 25.3 Å². The third-order valence-electron chi connectivity index (χ3n) is 2.77. The van der Waals surface area contributed by atoms with Gasteiger partial charge in [0.25, 0.3) is 0 Å². The predicted molar refractivity (Wildman–Crippen MR) is 72.1 cm³/mol. The van der Waals surface area contributed by atoms with Crippen LogP contribution in [0.3, 0.4) is 0 Å². The van der Waals surface area contributed by atoms with Crippen molar-refractivity contribution in [3.63, 3.8) is 0 Å². The molecule has 1 fully saturated rings. The van der Waals surface area contributed by atoms with Gasteiger partial charge in [-0.3, -0.25) is 0 Å². The second kappa shape index (κ2) is 6.48. The Morgan fingerprint density at radius 1 is 1.44 bits per heavy atom. The molecule has 1 aromatic heterocycles. The normalized spacial score (nSPS) is 15.1. The molecule has 0 spiro atoms. The van der Waals surface area contributed by atoms with Crippen molar-refractivity contribution >= 4 is 5.82 Å². The summed E-state index contributed by atoms with van der Waals surface area (Å²) in [6.45, 7) is 8.30. The van der Waals surface area contributed by atoms with Gasteiger partial charge in [0, 0.05) is 26.3 Å². The third kappa shape index (κ3) is 2.95. The number of hydrogen-bond acceptors (Lipinski definition) is 3. The number of pyridine rings is 1. The summed E-state index contributed by atoms with van der Waals surface area (Å²) < 4.78 is 0. The summed E-state index contributed by atoms with van der Waals surface area (Å²) in [6, 6.07) is 6.90. The van der Waals surface area contributed by atoms with Crippen LogP contribution in [0.5, 0.6) is 0 Å². The van der Waals surface area contributed by atoms with E-state index < -0.39 is 0 Å². The molecule has 16 heavy (non-hydrogen) atoms. The second-order valence-corrected chi connectivity index (χ2v) is 3.73. The first-order valence-electron chi connectivity index (χ1n) is 6.21. The van der Waals surface area contributed by atoms with E-state index in [1.165, 1.54) is 5.69 Å². The van der Waals surface area contributed by atoms with Crippen molar-refractivity contribution < 1.29 is 1.43 Å². The second-order valence-electron chi connectivity index (χ2n) is 3.73. The fourth-order valence-electron chi connectivity index (χ4n) is 1.69. The maximum absolute atomic E-state index is 4.58. The standard InChI is InChI=1S/C11H17N3.C2H6.H2/c1-3-9-5-4-6-11(13-9)14-7-10(8-14)12-2;1-2;/h4-6,10,12H,3,7-8H2,1-2H3;1-2H3;1H. The van der Waals surface area contributed by atoms with Crippen molar-refractivity contribution in [3.8, 4) is 0 Å². The van der Waals surface area contributed by atoms with Gasteiger partial charge in [-0.25, -0.2) is 4.98 Å². The van der Waals surface area contributed by atoms with Crippen LogP contribution in [0.1, 0.15) is 27.9 Å². The number of aromatic nitrogens is 1. The van der Waals surface area contributed by atoms with Crippen molar-refractivity contribution in [1.82, 2.24) is 10.3 Å². The zero-order valence-corrected chi connectivity index (χ0v) is 10.8. The molecule has 3 nitrogen and oxygen atoms in total. The Morgan fingerprint density at radius 2 is 2.12 bits per heavy atom. The molecule has 0 aromatic carbocycles. The Hall–Kier alpha value is -1.09. The predicted octanol–water partition coefficient (Wildman–Crippen LogP) is 2.32. The summed E-state index contributed by atoms with van der Waals surface area (Å²) in [5.41, 5.74) is 1.18. The van der Waals surface area contributed by atoms with Crippen molar-refractivity contribution in [2.45, 2.75) is 33.2 Å². The summed E-state index contributed by atoms with van der Waals surface area (Å²) in [5, 5.41) is 3.26. The SMILES string of the molecule is CC.CCc1cccc(N2CC(NC)C2)n1.[HH]. The molecule has 1 N–H and O–H groups in total. The highest BCUT2D eigenvalue weighted by molar-refractivity contribution is 5.43. The lowest BCUT2D eigenvalue weighted by atomic mass is 10.1. The minimum absolute atomic E-state index is 0. The first-order chi connectivity index (χ1) is 7.83. The van der Waals surface area contributed by atoms with E-state index in [1.807, 2.05) is 20.9 Å². The van der Waals surface area contributed by atoms with Crippen molar-refractivity contribution in [1.29, 1.82) is 0 Å². The maximum atomic E-state index is 4.58. The van der Waals surface area contributed by atoms with Gasteiger partial charge in [-0.15, -0.1) is 0 Å². The Kier molecular flexibility index (Phi) is 5.26. The van der Waals surface area contributed by atoms with Gasteiger partial charge < -0.3 is 10.2 Å². The number of hydrogen-bond donors (Lipinski definition) is 1. The van der Waals surface area contributed by atoms with Crippen molar-refractivity contribution in [2.75, 3.05) is 25.0 Å². The first kappa shape index (κ1) is 13.0. The zero-order valence-electron chi connectivity index (χ0n) is 10.8. The lowest BCUT2D eigenvalue weighted by Gasteiger charge is -2.40. The summed E-state index contributed by atoms with van der Waals surface area (Å²) in [6.07, 6.45) is 1.01. The van der Waals surface area contributed by atoms with E-state index in [-0.39, 0.29) is 1.43 Å². The van der Waals surface area contributed by atoms with E-state index >= 15 is 0 Å². The van der Waals surface area contributed by atoms with Gasteiger partial charge in [0.2, 0.25) is 0 Å². The quantitative estimate of drug-likeness (QED) is 0.852. The van der Waals surface area contributed by atoms with Crippen LogP contribution in [0.2, 0.25) is 0 Å². The molecule has 0 unspecified atom stereocenters. The highest BCUT2D eigenvalue weighted by Gasteiger charge is 2.25. The smallest absolute Gasteiger partial charge is 0.128 e. The Labute approximate surface area is 100 Å². The number of rotatable bonds is 3. The molecule has 3 heteroatoms. The van der Waals surface area contributed by atoms with E-state index in [2.05, 4.69) is 40.3 Å². The van der Waals surface area contributed by atoms with Gasteiger partial charge in [0.15, 0.2) is 0 Å². The van der Waals surface area contributed by atoms with Crippen LogP contribution in [0.15, 0.2) is 18.2 Å².